The van der Waals surface area contributed by atoms with Crippen molar-refractivity contribution in [2.45, 2.75) is 32.1 Å². The van der Waals surface area contributed by atoms with Crippen LogP contribution in [0.25, 0.3) is 0 Å². The van der Waals surface area contributed by atoms with Crippen LogP contribution in [-0.2, 0) is 4.79 Å². The van der Waals surface area contributed by atoms with E-state index < -0.39 is 0 Å². The highest BCUT2D eigenvalue weighted by molar-refractivity contribution is 5.92. The molecule has 0 bridgehead atoms. The summed E-state index contributed by atoms with van der Waals surface area (Å²) in [5.74, 6) is 1.37. The van der Waals surface area contributed by atoms with Gasteiger partial charge in [0, 0.05) is 11.8 Å². The van der Waals surface area contributed by atoms with Crippen LogP contribution in [0.4, 0.5) is 5.69 Å². The maximum atomic E-state index is 12.0. The van der Waals surface area contributed by atoms with Crippen LogP contribution in [0, 0.1) is 0 Å². The smallest absolute Gasteiger partial charge is 0.238 e. The van der Waals surface area contributed by atoms with Gasteiger partial charge in [0.1, 0.15) is 13.2 Å². The number of carbonyl (C=O) groups is 1. The number of carbonyl (C=O) groups excluding carboxylic acids is 1. The molecule has 124 valence electrons. The van der Waals surface area contributed by atoms with E-state index in [1.54, 1.807) is 6.07 Å². The van der Waals surface area contributed by atoms with Crippen molar-refractivity contribution in [3.63, 3.8) is 0 Å². The Morgan fingerprint density at radius 2 is 2.00 bits per heavy atom. The molecule has 1 heterocycles. The average molecular weight is 316 g/mol. The van der Waals surface area contributed by atoms with Crippen LogP contribution in [-0.4, -0.2) is 32.2 Å². The molecule has 0 saturated heterocycles. The molecule has 1 aliphatic carbocycles. The van der Waals surface area contributed by atoms with E-state index in [1.807, 2.05) is 12.1 Å². The number of hydrogen-bond donors (Lipinski definition) is 2. The maximum Gasteiger partial charge on any atom is 0.238 e. The van der Waals surface area contributed by atoms with Gasteiger partial charge in [0.15, 0.2) is 11.5 Å². The van der Waals surface area contributed by atoms with E-state index in [1.165, 1.54) is 31.3 Å². The second kappa shape index (κ2) is 8.02. The zero-order valence-corrected chi connectivity index (χ0v) is 13.4. The minimum Gasteiger partial charge on any atom is -0.486 e. The fourth-order valence-corrected chi connectivity index (χ4v) is 2.91. The molecule has 1 aromatic rings. The van der Waals surface area contributed by atoms with Crippen LogP contribution in [0.3, 0.4) is 0 Å². The molecule has 5 heteroatoms. The molecule has 0 saturated carbocycles. The van der Waals surface area contributed by atoms with Crippen LogP contribution in [0.5, 0.6) is 11.5 Å². The van der Waals surface area contributed by atoms with E-state index in [2.05, 4.69) is 16.7 Å². The lowest BCUT2D eigenvalue weighted by atomic mass is 9.97. The van der Waals surface area contributed by atoms with Gasteiger partial charge in [-0.1, -0.05) is 11.6 Å². The number of benzene rings is 1. The van der Waals surface area contributed by atoms with Gasteiger partial charge in [0.2, 0.25) is 5.91 Å². The molecular weight excluding hydrogens is 292 g/mol. The largest absolute Gasteiger partial charge is 0.486 e. The van der Waals surface area contributed by atoms with Crippen molar-refractivity contribution in [2.75, 3.05) is 31.6 Å². The van der Waals surface area contributed by atoms with Gasteiger partial charge < -0.3 is 20.1 Å². The topological polar surface area (TPSA) is 59.6 Å². The first-order valence-electron chi connectivity index (χ1n) is 8.39. The summed E-state index contributed by atoms with van der Waals surface area (Å²) in [4.78, 5) is 12.0. The number of anilines is 1. The highest BCUT2D eigenvalue weighted by atomic mass is 16.6. The summed E-state index contributed by atoms with van der Waals surface area (Å²) in [7, 11) is 0. The number of hydrogen-bond acceptors (Lipinski definition) is 4. The molecule has 0 fully saturated rings. The minimum absolute atomic E-state index is 0.0423. The quantitative estimate of drug-likeness (QED) is 0.626. The first-order valence-corrected chi connectivity index (χ1v) is 8.39. The number of nitrogens with one attached hydrogen (secondary N) is 2. The van der Waals surface area contributed by atoms with Crippen molar-refractivity contribution in [3.8, 4) is 11.5 Å². The predicted octanol–water partition coefficient (Wildman–Crippen LogP) is 2.88. The molecule has 0 spiro atoms. The molecule has 2 N–H and O–H groups in total. The summed E-state index contributed by atoms with van der Waals surface area (Å²) in [5, 5.41) is 6.09. The summed E-state index contributed by atoms with van der Waals surface area (Å²) in [6.07, 6.45) is 8.42. The average Bonchev–Trinajstić information content (AvgIpc) is 2.59. The number of ether oxygens (including phenoxy) is 2. The Balaban J connectivity index is 1.40. The van der Waals surface area contributed by atoms with Gasteiger partial charge in [0.05, 0.1) is 6.54 Å². The van der Waals surface area contributed by atoms with Crippen LogP contribution < -0.4 is 20.1 Å². The van der Waals surface area contributed by atoms with Crippen molar-refractivity contribution in [3.05, 3.63) is 29.8 Å². The molecule has 0 aromatic heterocycles. The number of fused-ring (bicyclic) bond motifs is 1. The summed E-state index contributed by atoms with van der Waals surface area (Å²) in [5.41, 5.74) is 2.26. The normalized spacial score (nSPS) is 16.6. The van der Waals surface area contributed by atoms with Crippen LogP contribution in [0.15, 0.2) is 29.8 Å². The highest BCUT2D eigenvalue weighted by Crippen LogP contribution is 2.32. The van der Waals surface area contributed by atoms with Gasteiger partial charge >= 0.3 is 0 Å². The molecule has 23 heavy (non-hydrogen) atoms. The Hall–Kier alpha value is -2.01. The maximum absolute atomic E-state index is 12.0. The Bertz CT molecular complexity index is 584. The van der Waals surface area contributed by atoms with Crippen molar-refractivity contribution in [1.82, 2.24) is 5.32 Å². The third-order valence-electron chi connectivity index (χ3n) is 4.12. The lowest BCUT2D eigenvalue weighted by molar-refractivity contribution is -0.115. The first-order chi connectivity index (χ1) is 11.3. The molecule has 0 radical (unpaired) electrons. The number of allylic oxidation sites excluding steroid dienone is 1. The molecule has 1 aliphatic heterocycles. The fourth-order valence-electron chi connectivity index (χ4n) is 2.91. The Labute approximate surface area is 137 Å². The summed E-state index contributed by atoms with van der Waals surface area (Å²) < 4.78 is 11.0. The Kier molecular flexibility index (Phi) is 5.53. The molecular formula is C18H24N2O3. The summed E-state index contributed by atoms with van der Waals surface area (Å²) in [6.45, 7) is 2.28. The lowest BCUT2D eigenvalue weighted by Gasteiger charge is -2.19. The molecule has 2 aliphatic rings. The molecule has 5 nitrogen and oxygen atoms in total. The van der Waals surface area contributed by atoms with Crippen molar-refractivity contribution in [1.29, 1.82) is 0 Å². The molecule has 0 atom stereocenters. The van der Waals surface area contributed by atoms with E-state index >= 15 is 0 Å². The number of amides is 1. The van der Waals surface area contributed by atoms with Gasteiger partial charge in [0.25, 0.3) is 0 Å². The van der Waals surface area contributed by atoms with Crippen LogP contribution in [0.2, 0.25) is 0 Å². The monoisotopic (exact) mass is 316 g/mol. The minimum atomic E-state index is -0.0423. The highest BCUT2D eigenvalue weighted by Gasteiger charge is 2.12. The Morgan fingerprint density at radius 1 is 1.13 bits per heavy atom. The molecule has 0 unspecified atom stereocenters. The zero-order chi connectivity index (χ0) is 15.9. The second-order valence-electron chi connectivity index (χ2n) is 5.94. The van der Waals surface area contributed by atoms with Gasteiger partial charge in [-0.05, 0) is 50.8 Å². The van der Waals surface area contributed by atoms with Crippen molar-refractivity contribution < 1.29 is 14.3 Å². The lowest BCUT2D eigenvalue weighted by Crippen LogP contribution is -2.29. The summed E-state index contributed by atoms with van der Waals surface area (Å²) in [6, 6.07) is 5.46. The zero-order valence-electron chi connectivity index (χ0n) is 13.4. The predicted molar refractivity (Wildman–Crippen MR) is 90.1 cm³/mol. The van der Waals surface area contributed by atoms with Crippen molar-refractivity contribution >= 4 is 11.6 Å². The van der Waals surface area contributed by atoms with E-state index in [4.69, 9.17) is 9.47 Å². The second-order valence-corrected chi connectivity index (χ2v) is 5.94. The van der Waals surface area contributed by atoms with Crippen LogP contribution >= 0.6 is 0 Å². The van der Waals surface area contributed by atoms with E-state index in [0.717, 1.165) is 24.4 Å². The van der Waals surface area contributed by atoms with E-state index in [-0.39, 0.29) is 5.91 Å². The van der Waals surface area contributed by atoms with Crippen LogP contribution in [0.1, 0.15) is 32.1 Å². The third kappa shape index (κ3) is 4.73. The fraction of sp³-hybridized carbons (Fsp3) is 0.500. The van der Waals surface area contributed by atoms with Gasteiger partial charge in [-0.2, -0.15) is 0 Å². The summed E-state index contributed by atoms with van der Waals surface area (Å²) >= 11 is 0. The molecule has 1 amide bonds. The van der Waals surface area contributed by atoms with Gasteiger partial charge in [-0.3, -0.25) is 4.79 Å². The van der Waals surface area contributed by atoms with Crippen molar-refractivity contribution in [2.24, 2.45) is 0 Å². The van der Waals surface area contributed by atoms with Gasteiger partial charge in [-0.15, -0.1) is 0 Å². The molecule has 1 aromatic carbocycles. The third-order valence-corrected chi connectivity index (χ3v) is 4.12. The Morgan fingerprint density at radius 3 is 2.83 bits per heavy atom. The standard InChI is InChI=1S/C18H24N2O3/c21-18(13-19-9-8-14-4-2-1-3-5-14)20-15-6-7-16-17(12-15)23-11-10-22-16/h4,6-7,12,19H,1-3,5,8-11,13H2,(H,20,21). The first kappa shape index (κ1) is 15.9. The molecule has 3 rings (SSSR count). The van der Waals surface area contributed by atoms with E-state index in [0.29, 0.717) is 25.5 Å². The SMILES string of the molecule is O=C(CNCCC1=CCCCC1)Nc1ccc2c(c1)OCCO2. The number of rotatable bonds is 6. The van der Waals surface area contributed by atoms with Gasteiger partial charge in [-0.25, -0.2) is 0 Å². The van der Waals surface area contributed by atoms with E-state index in [9.17, 15) is 4.79 Å².